The summed E-state index contributed by atoms with van der Waals surface area (Å²) >= 11 is 0. The maximum Gasteiger partial charge on any atom is 0.243 e. The Morgan fingerprint density at radius 1 is 0.906 bits per heavy atom. The van der Waals surface area contributed by atoms with Crippen LogP contribution in [-0.2, 0) is 21.2 Å². The van der Waals surface area contributed by atoms with Gasteiger partial charge in [0.15, 0.2) is 0 Å². The predicted octanol–water partition coefficient (Wildman–Crippen LogP) is 3.58. The van der Waals surface area contributed by atoms with Gasteiger partial charge in [0.1, 0.15) is 0 Å². The first kappa shape index (κ1) is 22.8. The number of piperidine rings is 2. The molecule has 2 heterocycles. The molecule has 0 spiro atoms. The van der Waals surface area contributed by atoms with Crippen LogP contribution in [0.1, 0.15) is 44.1 Å². The van der Waals surface area contributed by atoms with Crippen molar-refractivity contribution in [1.82, 2.24) is 9.62 Å². The van der Waals surface area contributed by atoms with E-state index >= 15 is 0 Å². The van der Waals surface area contributed by atoms with Gasteiger partial charge in [-0.1, -0.05) is 30.3 Å². The molecule has 2 aromatic carbocycles. The molecule has 0 aliphatic carbocycles. The number of hydrogen-bond acceptors (Lipinski definition) is 4. The SMILES string of the molecule is O=C(CCc1ccccc1)NC1CCCN(S(=O)(=O)c2ccc(N3CCCCC3)cc2)C1. The molecule has 1 N–H and O–H groups in total. The molecule has 0 saturated carbocycles. The molecule has 2 aliphatic rings. The van der Waals surface area contributed by atoms with E-state index in [2.05, 4.69) is 10.2 Å². The van der Waals surface area contributed by atoms with Crippen LogP contribution in [-0.4, -0.2) is 50.9 Å². The van der Waals surface area contributed by atoms with Crippen LogP contribution in [0.3, 0.4) is 0 Å². The summed E-state index contributed by atoms with van der Waals surface area (Å²) in [6.45, 7) is 2.88. The summed E-state index contributed by atoms with van der Waals surface area (Å²) in [7, 11) is -3.57. The fourth-order valence-corrected chi connectivity index (χ4v) is 6.13. The number of carbonyl (C=O) groups is 1. The average Bonchev–Trinajstić information content (AvgIpc) is 2.84. The average molecular weight is 456 g/mol. The highest BCUT2D eigenvalue weighted by Crippen LogP contribution is 2.25. The molecule has 172 valence electrons. The topological polar surface area (TPSA) is 69.7 Å². The van der Waals surface area contributed by atoms with Gasteiger partial charge in [-0.2, -0.15) is 4.31 Å². The summed E-state index contributed by atoms with van der Waals surface area (Å²) < 4.78 is 28.0. The van der Waals surface area contributed by atoms with Gasteiger partial charge in [-0.05, 0) is 68.4 Å². The summed E-state index contributed by atoms with van der Waals surface area (Å²) in [6.07, 6.45) is 6.28. The maximum absolute atomic E-state index is 13.2. The number of hydrogen-bond donors (Lipinski definition) is 1. The molecule has 2 aromatic rings. The molecule has 2 fully saturated rings. The van der Waals surface area contributed by atoms with Gasteiger partial charge in [0.05, 0.1) is 4.90 Å². The van der Waals surface area contributed by atoms with E-state index in [0.717, 1.165) is 37.2 Å². The van der Waals surface area contributed by atoms with Crippen molar-refractivity contribution in [3.8, 4) is 0 Å². The molecule has 32 heavy (non-hydrogen) atoms. The summed E-state index contributed by atoms with van der Waals surface area (Å²) in [6, 6.07) is 17.1. The number of anilines is 1. The first-order valence-corrected chi connectivity index (χ1v) is 13.1. The third-order valence-corrected chi connectivity index (χ3v) is 8.31. The van der Waals surface area contributed by atoms with Crippen LogP contribution in [0.25, 0.3) is 0 Å². The van der Waals surface area contributed by atoms with Crippen molar-refractivity contribution in [1.29, 1.82) is 0 Å². The molecule has 7 heteroatoms. The Labute approximate surface area is 191 Å². The van der Waals surface area contributed by atoms with Crippen molar-refractivity contribution in [2.45, 2.75) is 55.9 Å². The molecule has 2 saturated heterocycles. The minimum atomic E-state index is -3.57. The third-order valence-electron chi connectivity index (χ3n) is 6.43. The predicted molar refractivity (Wildman–Crippen MR) is 127 cm³/mol. The lowest BCUT2D eigenvalue weighted by atomic mass is 10.1. The molecule has 2 aliphatic heterocycles. The molecular formula is C25H33N3O3S. The summed E-state index contributed by atoms with van der Waals surface area (Å²) in [5.74, 6) is -0.0241. The zero-order valence-corrected chi connectivity index (χ0v) is 19.4. The monoisotopic (exact) mass is 455 g/mol. The zero-order valence-electron chi connectivity index (χ0n) is 18.6. The zero-order chi connectivity index (χ0) is 22.4. The quantitative estimate of drug-likeness (QED) is 0.693. The second-order valence-corrected chi connectivity index (χ2v) is 10.7. The lowest BCUT2D eigenvalue weighted by Gasteiger charge is -2.32. The number of aryl methyl sites for hydroxylation is 1. The fraction of sp³-hybridized carbons (Fsp3) is 0.480. The first-order valence-electron chi connectivity index (χ1n) is 11.7. The lowest BCUT2D eigenvalue weighted by Crippen LogP contribution is -2.49. The molecule has 0 bridgehead atoms. The third kappa shape index (κ3) is 5.70. The van der Waals surface area contributed by atoms with Crippen molar-refractivity contribution in [2.24, 2.45) is 0 Å². The molecule has 1 atom stereocenters. The van der Waals surface area contributed by atoms with Crippen LogP contribution in [0, 0.1) is 0 Å². The van der Waals surface area contributed by atoms with E-state index < -0.39 is 10.0 Å². The van der Waals surface area contributed by atoms with Gasteiger partial charge >= 0.3 is 0 Å². The van der Waals surface area contributed by atoms with Crippen LogP contribution in [0.4, 0.5) is 5.69 Å². The van der Waals surface area contributed by atoms with E-state index in [4.69, 9.17) is 0 Å². The molecule has 0 radical (unpaired) electrons. The van der Waals surface area contributed by atoms with E-state index in [-0.39, 0.29) is 11.9 Å². The van der Waals surface area contributed by atoms with Gasteiger partial charge in [0, 0.05) is 44.3 Å². The first-order chi connectivity index (χ1) is 15.5. The van der Waals surface area contributed by atoms with E-state index in [1.54, 1.807) is 12.1 Å². The number of nitrogens with zero attached hydrogens (tertiary/aromatic N) is 2. The summed E-state index contributed by atoms with van der Waals surface area (Å²) in [4.78, 5) is 15.1. The van der Waals surface area contributed by atoms with E-state index in [1.165, 1.54) is 23.6 Å². The van der Waals surface area contributed by atoms with Crippen molar-refractivity contribution in [3.63, 3.8) is 0 Å². The highest BCUT2D eigenvalue weighted by atomic mass is 32.2. The van der Waals surface area contributed by atoms with Gasteiger partial charge in [0.2, 0.25) is 15.9 Å². The van der Waals surface area contributed by atoms with E-state index in [1.807, 2.05) is 42.5 Å². The number of sulfonamides is 1. The van der Waals surface area contributed by atoms with Crippen LogP contribution >= 0.6 is 0 Å². The van der Waals surface area contributed by atoms with Crippen LogP contribution in [0.2, 0.25) is 0 Å². The van der Waals surface area contributed by atoms with Gasteiger partial charge in [0.25, 0.3) is 0 Å². The Kier molecular flexibility index (Phi) is 7.48. The molecule has 0 aromatic heterocycles. The number of benzene rings is 2. The summed E-state index contributed by atoms with van der Waals surface area (Å²) in [5.41, 5.74) is 2.22. The van der Waals surface area contributed by atoms with Crippen LogP contribution < -0.4 is 10.2 Å². The Bertz CT molecular complexity index is 987. The number of carbonyl (C=O) groups excluding carboxylic acids is 1. The van der Waals surface area contributed by atoms with Crippen molar-refractivity contribution >= 4 is 21.6 Å². The fourth-order valence-electron chi connectivity index (χ4n) is 4.61. The molecule has 1 amide bonds. The second kappa shape index (κ2) is 10.5. The van der Waals surface area contributed by atoms with Crippen molar-refractivity contribution < 1.29 is 13.2 Å². The molecule has 1 unspecified atom stereocenters. The normalized spacial score (nSPS) is 20.1. The van der Waals surface area contributed by atoms with Crippen molar-refractivity contribution in [3.05, 3.63) is 60.2 Å². The lowest BCUT2D eigenvalue weighted by molar-refractivity contribution is -0.122. The van der Waals surface area contributed by atoms with Gasteiger partial charge in [-0.25, -0.2) is 8.42 Å². The largest absolute Gasteiger partial charge is 0.372 e. The minimum absolute atomic E-state index is 0.0241. The number of rotatable bonds is 7. The van der Waals surface area contributed by atoms with Gasteiger partial charge in [-0.15, -0.1) is 0 Å². The van der Waals surface area contributed by atoms with Crippen molar-refractivity contribution in [2.75, 3.05) is 31.1 Å². The van der Waals surface area contributed by atoms with Gasteiger partial charge in [-0.3, -0.25) is 4.79 Å². The second-order valence-electron chi connectivity index (χ2n) is 8.80. The Morgan fingerprint density at radius 3 is 2.34 bits per heavy atom. The standard InChI is InChI=1S/C25H33N3O3S/c29-25(16-11-21-8-3-1-4-9-21)26-22-10-7-19-28(20-22)32(30,31)24-14-12-23(13-15-24)27-17-5-2-6-18-27/h1,3-4,8-9,12-15,22H,2,5-7,10-11,16-20H2,(H,26,29). The number of nitrogens with one attached hydrogen (secondary N) is 1. The minimum Gasteiger partial charge on any atom is -0.372 e. The Morgan fingerprint density at radius 2 is 1.62 bits per heavy atom. The maximum atomic E-state index is 13.2. The Balaban J connectivity index is 1.33. The summed E-state index contributed by atoms with van der Waals surface area (Å²) in [5, 5.41) is 3.04. The highest BCUT2D eigenvalue weighted by Gasteiger charge is 2.31. The molecule has 6 nitrogen and oxygen atoms in total. The molecule has 4 rings (SSSR count). The Hall–Kier alpha value is -2.38. The van der Waals surface area contributed by atoms with Crippen LogP contribution in [0.15, 0.2) is 59.5 Å². The molecular weight excluding hydrogens is 422 g/mol. The number of amides is 1. The highest BCUT2D eigenvalue weighted by molar-refractivity contribution is 7.89. The smallest absolute Gasteiger partial charge is 0.243 e. The van der Waals surface area contributed by atoms with Crippen LogP contribution in [0.5, 0.6) is 0 Å². The van der Waals surface area contributed by atoms with E-state index in [0.29, 0.717) is 30.8 Å². The van der Waals surface area contributed by atoms with E-state index in [9.17, 15) is 13.2 Å². The van der Waals surface area contributed by atoms with Gasteiger partial charge < -0.3 is 10.2 Å².